The van der Waals surface area contributed by atoms with Gasteiger partial charge in [-0.1, -0.05) is 31.2 Å². The Morgan fingerprint density at radius 2 is 1.24 bits per heavy atom. The van der Waals surface area contributed by atoms with Crippen LogP contribution in [0, 0.1) is 0 Å². The van der Waals surface area contributed by atoms with Gasteiger partial charge in [-0.3, -0.25) is 0 Å². The molecule has 0 aliphatic heterocycles. The van der Waals surface area contributed by atoms with Crippen LogP contribution in [0.1, 0.15) is 18.1 Å². The van der Waals surface area contributed by atoms with Gasteiger partial charge >= 0.3 is 23.9 Å². The maximum Gasteiger partial charge on any atom is 0.460 e. The van der Waals surface area contributed by atoms with Crippen LogP contribution in [0.4, 0.5) is 39.5 Å². The summed E-state index contributed by atoms with van der Waals surface area (Å²) < 4.78 is 115. The number of benzene rings is 1. The minimum atomic E-state index is -6.87. The first-order chi connectivity index (χ1) is 9.30. The van der Waals surface area contributed by atoms with Gasteiger partial charge in [0.25, 0.3) is 0 Å². The van der Waals surface area contributed by atoms with Gasteiger partial charge in [0.05, 0.1) is 0 Å². The number of alkyl halides is 9. The minimum Gasteiger partial charge on any atom is -0.194 e. The van der Waals surface area contributed by atoms with Crippen molar-refractivity contribution in [2.45, 2.75) is 37.3 Å². The Kier molecular flexibility index (Phi) is 4.28. The van der Waals surface area contributed by atoms with Crippen LogP contribution in [-0.4, -0.2) is 18.0 Å². The van der Waals surface area contributed by atoms with Gasteiger partial charge in [-0.05, 0) is 12.0 Å². The molecule has 0 nitrogen and oxygen atoms in total. The minimum absolute atomic E-state index is 0.237. The number of hydrogen-bond donors (Lipinski definition) is 0. The highest BCUT2D eigenvalue weighted by molar-refractivity contribution is 5.33. The molecule has 0 aliphatic carbocycles. The lowest BCUT2D eigenvalue weighted by Crippen LogP contribution is -2.59. The molecule has 0 unspecified atom stereocenters. The van der Waals surface area contributed by atoms with Crippen molar-refractivity contribution in [3.63, 3.8) is 0 Å². The average molecular weight is 324 g/mol. The Labute approximate surface area is 113 Å². The first kappa shape index (κ1) is 17.6. The standard InChI is InChI=1S/C12H9F9/c1-2-7-5-3-4-6-8(7)9(13,14)10(15,16)11(17,18)12(19,20)21/h3-6H,2H2,1H3. The molecular weight excluding hydrogens is 315 g/mol. The molecule has 0 aliphatic rings. The van der Waals surface area contributed by atoms with Gasteiger partial charge in [0.1, 0.15) is 0 Å². The zero-order chi connectivity index (χ0) is 16.7. The summed E-state index contributed by atoms with van der Waals surface area (Å²) in [5, 5.41) is 0. The maximum absolute atomic E-state index is 13.7. The van der Waals surface area contributed by atoms with Gasteiger partial charge in [-0.25, -0.2) is 0 Å². The SMILES string of the molecule is CCc1ccccc1C(F)(F)C(F)(F)C(F)(F)C(F)(F)F. The lowest BCUT2D eigenvalue weighted by atomic mass is 9.92. The van der Waals surface area contributed by atoms with E-state index in [2.05, 4.69) is 0 Å². The van der Waals surface area contributed by atoms with Crippen molar-refractivity contribution in [3.05, 3.63) is 35.4 Å². The Morgan fingerprint density at radius 1 is 0.762 bits per heavy atom. The Hall–Kier alpha value is -1.41. The Bertz CT molecular complexity index is 502. The summed E-state index contributed by atoms with van der Waals surface area (Å²) in [4.78, 5) is 0. The monoisotopic (exact) mass is 324 g/mol. The van der Waals surface area contributed by atoms with E-state index in [9.17, 15) is 39.5 Å². The molecule has 120 valence electrons. The highest BCUT2D eigenvalue weighted by Crippen LogP contribution is 2.56. The van der Waals surface area contributed by atoms with Gasteiger partial charge < -0.3 is 0 Å². The average Bonchev–Trinajstić information content (AvgIpc) is 2.36. The normalized spacial score (nSPS) is 14.4. The van der Waals surface area contributed by atoms with Crippen LogP contribution in [-0.2, 0) is 12.3 Å². The number of hydrogen-bond acceptors (Lipinski definition) is 0. The second kappa shape index (κ2) is 5.10. The van der Waals surface area contributed by atoms with Crippen molar-refractivity contribution in [2.75, 3.05) is 0 Å². The van der Waals surface area contributed by atoms with Crippen molar-refractivity contribution in [1.82, 2.24) is 0 Å². The van der Waals surface area contributed by atoms with Crippen molar-refractivity contribution < 1.29 is 39.5 Å². The predicted octanol–water partition coefficient (Wildman–Crippen LogP) is 5.17. The van der Waals surface area contributed by atoms with Crippen LogP contribution >= 0.6 is 0 Å². The second-order valence-corrected chi connectivity index (χ2v) is 4.23. The van der Waals surface area contributed by atoms with Crippen LogP contribution in [0.5, 0.6) is 0 Å². The molecule has 21 heavy (non-hydrogen) atoms. The van der Waals surface area contributed by atoms with Crippen LogP contribution in [0.2, 0.25) is 0 Å². The lowest BCUT2D eigenvalue weighted by molar-refractivity contribution is -0.399. The van der Waals surface area contributed by atoms with Crippen LogP contribution < -0.4 is 0 Å². The number of rotatable bonds is 4. The summed E-state index contributed by atoms with van der Waals surface area (Å²) in [5.74, 6) is -19.2. The van der Waals surface area contributed by atoms with Crippen LogP contribution in [0.3, 0.4) is 0 Å². The van der Waals surface area contributed by atoms with E-state index in [0.29, 0.717) is 6.07 Å². The van der Waals surface area contributed by atoms with Crippen molar-refractivity contribution >= 4 is 0 Å². The van der Waals surface area contributed by atoms with E-state index in [1.165, 1.54) is 13.0 Å². The van der Waals surface area contributed by atoms with E-state index < -0.39 is 35.1 Å². The van der Waals surface area contributed by atoms with E-state index >= 15 is 0 Å². The summed E-state index contributed by atoms with van der Waals surface area (Å²) in [6.45, 7) is 1.27. The van der Waals surface area contributed by atoms with E-state index in [1.54, 1.807) is 0 Å². The van der Waals surface area contributed by atoms with Gasteiger partial charge in [0.2, 0.25) is 0 Å². The topological polar surface area (TPSA) is 0 Å². The molecule has 1 aromatic carbocycles. The highest BCUT2D eigenvalue weighted by atomic mass is 19.4. The summed E-state index contributed by atoms with van der Waals surface area (Å²) in [7, 11) is 0. The third kappa shape index (κ3) is 2.57. The van der Waals surface area contributed by atoms with Crippen molar-refractivity contribution in [1.29, 1.82) is 0 Å². The third-order valence-electron chi connectivity index (χ3n) is 2.88. The summed E-state index contributed by atoms with van der Waals surface area (Å²) >= 11 is 0. The molecule has 0 bridgehead atoms. The molecule has 0 aromatic heterocycles. The van der Waals surface area contributed by atoms with E-state index in [0.717, 1.165) is 12.1 Å². The summed E-state index contributed by atoms with van der Waals surface area (Å²) in [6.07, 6.45) is -7.04. The first-order valence-electron chi connectivity index (χ1n) is 5.59. The van der Waals surface area contributed by atoms with E-state index in [-0.39, 0.29) is 6.42 Å². The number of halogens is 9. The van der Waals surface area contributed by atoms with Crippen LogP contribution in [0.25, 0.3) is 0 Å². The molecular formula is C12H9F9. The Balaban J connectivity index is 3.47. The predicted molar refractivity (Wildman–Crippen MR) is 55.7 cm³/mol. The molecule has 0 fully saturated rings. The van der Waals surface area contributed by atoms with Gasteiger partial charge in [0, 0.05) is 5.56 Å². The molecule has 0 saturated heterocycles. The maximum atomic E-state index is 13.7. The zero-order valence-corrected chi connectivity index (χ0v) is 10.4. The molecule has 0 heterocycles. The van der Waals surface area contributed by atoms with Crippen molar-refractivity contribution in [3.8, 4) is 0 Å². The largest absolute Gasteiger partial charge is 0.460 e. The van der Waals surface area contributed by atoms with E-state index in [4.69, 9.17) is 0 Å². The molecule has 0 amide bonds. The molecule has 9 heteroatoms. The Morgan fingerprint density at radius 3 is 1.67 bits per heavy atom. The fourth-order valence-corrected chi connectivity index (χ4v) is 1.68. The number of aryl methyl sites for hydroxylation is 1. The lowest BCUT2D eigenvalue weighted by Gasteiger charge is -2.34. The summed E-state index contributed by atoms with van der Waals surface area (Å²) in [5.41, 5.74) is -2.00. The van der Waals surface area contributed by atoms with E-state index in [1.807, 2.05) is 0 Å². The van der Waals surface area contributed by atoms with Crippen molar-refractivity contribution in [2.24, 2.45) is 0 Å². The third-order valence-corrected chi connectivity index (χ3v) is 2.88. The molecule has 0 saturated carbocycles. The zero-order valence-electron chi connectivity index (χ0n) is 10.4. The second-order valence-electron chi connectivity index (χ2n) is 4.23. The summed E-state index contributed by atoms with van der Waals surface area (Å²) in [6, 6.07) is 3.38. The first-order valence-corrected chi connectivity index (χ1v) is 5.59. The molecule has 1 aromatic rings. The molecule has 0 atom stereocenters. The highest BCUT2D eigenvalue weighted by Gasteiger charge is 2.82. The molecule has 1 rings (SSSR count). The fraction of sp³-hybridized carbons (Fsp3) is 0.500. The van der Waals surface area contributed by atoms with Gasteiger partial charge in [-0.15, -0.1) is 0 Å². The molecule has 0 spiro atoms. The van der Waals surface area contributed by atoms with Gasteiger partial charge in [-0.2, -0.15) is 39.5 Å². The fourth-order valence-electron chi connectivity index (χ4n) is 1.68. The van der Waals surface area contributed by atoms with Crippen LogP contribution in [0.15, 0.2) is 24.3 Å². The quantitative estimate of drug-likeness (QED) is 0.670. The molecule has 0 N–H and O–H groups in total. The smallest absolute Gasteiger partial charge is 0.194 e. The molecule has 0 radical (unpaired) electrons. The van der Waals surface area contributed by atoms with Gasteiger partial charge in [0.15, 0.2) is 0 Å².